The molecule has 3 rings (SSSR count). The third-order valence-electron chi connectivity index (χ3n) is 3.62. The summed E-state index contributed by atoms with van der Waals surface area (Å²) < 4.78 is 0. The van der Waals surface area contributed by atoms with Crippen molar-refractivity contribution in [2.45, 2.75) is 25.8 Å². The van der Waals surface area contributed by atoms with Gasteiger partial charge in [-0.2, -0.15) is 0 Å². The number of carbonyl (C=O) groups excluding carboxylic acids is 2. The van der Waals surface area contributed by atoms with Gasteiger partial charge in [-0.1, -0.05) is 17.7 Å². The lowest BCUT2D eigenvalue weighted by Gasteiger charge is -2.09. The lowest BCUT2D eigenvalue weighted by Crippen LogP contribution is -2.26. The van der Waals surface area contributed by atoms with Crippen LogP contribution >= 0.6 is 11.6 Å². The number of hydrogen-bond acceptors (Lipinski definition) is 3. The second-order valence-electron chi connectivity index (χ2n) is 5.59. The summed E-state index contributed by atoms with van der Waals surface area (Å²) in [5, 5.41) is 6.20. The number of halogens is 1. The van der Waals surface area contributed by atoms with Gasteiger partial charge in [-0.15, -0.1) is 0 Å². The van der Waals surface area contributed by atoms with E-state index in [4.69, 9.17) is 11.6 Å². The van der Waals surface area contributed by atoms with Gasteiger partial charge in [-0.05, 0) is 49.6 Å². The van der Waals surface area contributed by atoms with E-state index >= 15 is 0 Å². The molecule has 2 N–H and O–H groups in total. The first-order valence-electron chi connectivity index (χ1n) is 7.37. The van der Waals surface area contributed by atoms with Crippen LogP contribution in [-0.2, 0) is 0 Å². The van der Waals surface area contributed by atoms with Gasteiger partial charge in [0.2, 0.25) is 0 Å². The topological polar surface area (TPSA) is 71.1 Å². The molecule has 0 unspecified atom stereocenters. The minimum atomic E-state index is -0.307. The van der Waals surface area contributed by atoms with Crippen LogP contribution < -0.4 is 10.6 Å². The van der Waals surface area contributed by atoms with Gasteiger partial charge in [0.05, 0.1) is 0 Å². The van der Waals surface area contributed by atoms with Crippen molar-refractivity contribution in [3.8, 4) is 0 Å². The summed E-state index contributed by atoms with van der Waals surface area (Å²) in [5.41, 5.74) is 2.17. The van der Waals surface area contributed by atoms with E-state index in [0.29, 0.717) is 16.3 Å². The Bertz CT molecular complexity index is 772. The summed E-state index contributed by atoms with van der Waals surface area (Å²) >= 11 is 5.95. The second-order valence-corrected chi connectivity index (χ2v) is 6.03. The van der Waals surface area contributed by atoms with Crippen molar-refractivity contribution in [3.05, 3.63) is 58.4 Å². The molecule has 0 saturated heterocycles. The molecule has 1 aliphatic rings. The summed E-state index contributed by atoms with van der Waals surface area (Å²) in [6.45, 7) is 1.88. The van der Waals surface area contributed by atoms with Crippen LogP contribution in [-0.4, -0.2) is 22.8 Å². The van der Waals surface area contributed by atoms with Crippen molar-refractivity contribution < 1.29 is 9.59 Å². The number of pyridine rings is 1. The highest BCUT2D eigenvalue weighted by Crippen LogP contribution is 2.21. The van der Waals surface area contributed by atoms with E-state index in [1.165, 1.54) is 12.3 Å². The maximum Gasteiger partial charge on any atom is 0.270 e. The number of anilines is 1. The van der Waals surface area contributed by atoms with Crippen molar-refractivity contribution in [2.75, 3.05) is 5.32 Å². The van der Waals surface area contributed by atoms with E-state index in [1.807, 2.05) is 13.0 Å². The Morgan fingerprint density at radius 1 is 1.17 bits per heavy atom. The molecule has 1 heterocycles. The molecule has 0 atom stereocenters. The first-order valence-corrected chi connectivity index (χ1v) is 7.75. The first-order chi connectivity index (χ1) is 11.0. The maximum absolute atomic E-state index is 12.4. The average Bonchev–Trinajstić information content (AvgIpc) is 3.35. The lowest BCUT2D eigenvalue weighted by atomic mass is 10.1. The molecule has 5 nitrogen and oxygen atoms in total. The molecule has 0 spiro atoms. The minimum absolute atomic E-state index is 0.243. The third-order valence-corrected chi connectivity index (χ3v) is 3.85. The standard InChI is InChI=1S/C17H16ClN3O2/c1-10-2-3-12(18)9-14(10)21-16(22)11-6-7-19-15(8-11)17(23)20-13-4-5-13/h2-3,6-9,13H,4-5H2,1H3,(H,20,23)(H,21,22). The molecular formula is C17H16ClN3O2. The zero-order valence-corrected chi connectivity index (χ0v) is 13.4. The highest BCUT2D eigenvalue weighted by molar-refractivity contribution is 6.31. The molecule has 1 fully saturated rings. The highest BCUT2D eigenvalue weighted by Gasteiger charge is 2.24. The van der Waals surface area contributed by atoms with Crippen LogP contribution in [0.4, 0.5) is 5.69 Å². The van der Waals surface area contributed by atoms with Crippen molar-refractivity contribution in [1.29, 1.82) is 0 Å². The Morgan fingerprint density at radius 2 is 1.96 bits per heavy atom. The first kappa shape index (κ1) is 15.5. The van der Waals surface area contributed by atoms with Crippen LogP contribution in [0.1, 0.15) is 39.3 Å². The van der Waals surface area contributed by atoms with Gasteiger partial charge >= 0.3 is 0 Å². The van der Waals surface area contributed by atoms with Gasteiger partial charge in [-0.25, -0.2) is 0 Å². The molecule has 1 aliphatic carbocycles. The van der Waals surface area contributed by atoms with Gasteiger partial charge in [0.25, 0.3) is 11.8 Å². The average molecular weight is 330 g/mol. The Balaban J connectivity index is 1.76. The summed E-state index contributed by atoms with van der Waals surface area (Å²) in [7, 11) is 0. The Morgan fingerprint density at radius 3 is 2.70 bits per heavy atom. The predicted octanol–water partition coefficient (Wildman–Crippen LogP) is 3.19. The molecule has 1 saturated carbocycles. The van der Waals surface area contributed by atoms with Crippen LogP contribution in [0.3, 0.4) is 0 Å². The van der Waals surface area contributed by atoms with E-state index in [9.17, 15) is 9.59 Å². The molecule has 2 amide bonds. The smallest absolute Gasteiger partial charge is 0.270 e. The Kier molecular flexibility index (Phi) is 4.30. The van der Waals surface area contributed by atoms with E-state index < -0.39 is 0 Å². The van der Waals surface area contributed by atoms with Gasteiger partial charge < -0.3 is 10.6 Å². The van der Waals surface area contributed by atoms with Gasteiger partial charge in [0.1, 0.15) is 5.69 Å². The molecule has 1 aromatic carbocycles. The molecule has 0 bridgehead atoms. The van der Waals surface area contributed by atoms with E-state index in [-0.39, 0.29) is 23.6 Å². The molecule has 0 radical (unpaired) electrons. The van der Waals surface area contributed by atoms with Gasteiger partial charge in [-0.3, -0.25) is 14.6 Å². The fourth-order valence-corrected chi connectivity index (χ4v) is 2.28. The Labute approximate surface area is 139 Å². The predicted molar refractivity (Wildman–Crippen MR) is 88.9 cm³/mol. The molecular weight excluding hydrogens is 314 g/mol. The summed E-state index contributed by atoms with van der Waals surface area (Å²) in [5.74, 6) is -0.556. The number of aryl methyl sites for hydroxylation is 1. The summed E-state index contributed by atoms with van der Waals surface area (Å²) in [6.07, 6.45) is 3.46. The molecule has 2 aromatic rings. The number of benzene rings is 1. The molecule has 23 heavy (non-hydrogen) atoms. The van der Waals surface area contributed by atoms with Crippen LogP contribution in [0.25, 0.3) is 0 Å². The Hall–Kier alpha value is -2.40. The molecule has 0 aliphatic heterocycles. The van der Waals surface area contributed by atoms with Crippen molar-refractivity contribution in [1.82, 2.24) is 10.3 Å². The zero-order valence-electron chi connectivity index (χ0n) is 12.6. The van der Waals surface area contributed by atoms with E-state index in [0.717, 1.165) is 18.4 Å². The monoisotopic (exact) mass is 329 g/mol. The lowest BCUT2D eigenvalue weighted by molar-refractivity contribution is 0.0946. The number of carbonyl (C=O) groups is 2. The number of aromatic nitrogens is 1. The summed E-state index contributed by atoms with van der Waals surface area (Å²) in [6, 6.07) is 8.60. The largest absolute Gasteiger partial charge is 0.348 e. The molecule has 118 valence electrons. The van der Waals surface area contributed by atoms with E-state index in [1.54, 1.807) is 18.2 Å². The van der Waals surface area contributed by atoms with Crippen molar-refractivity contribution >= 4 is 29.1 Å². The van der Waals surface area contributed by atoms with Gasteiger partial charge in [0, 0.05) is 28.5 Å². The van der Waals surface area contributed by atoms with Crippen LogP contribution in [0.5, 0.6) is 0 Å². The fraction of sp³-hybridized carbons (Fsp3) is 0.235. The number of nitrogens with one attached hydrogen (secondary N) is 2. The number of hydrogen-bond donors (Lipinski definition) is 2. The van der Waals surface area contributed by atoms with Crippen LogP contribution in [0.2, 0.25) is 5.02 Å². The quantitative estimate of drug-likeness (QED) is 0.905. The SMILES string of the molecule is Cc1ccc(Cl)cc1NC(=O)c1ccnc(C(=O)NC2CC2)c1. The van der Waals surface area contributed by atoms with Crippen LogP contribution in [0.15, 0.2) is 36.5 Å². The van der Waals surface area contributed by atoms with Crippen LogP contribution in [0, 0.1) is 6.92 Å². The van der Waals surface area contributed by atoms with Gasteiger partial charge in [0.15, 0.2) is 0 Å². The highest BCUT2D eigenvalue weighted by atomic mass is 35.5. The number of nitrogens with zero attached hydrogens (tertiary/aromatic N) is 1. The molecule has 1 aromatic heterocycles. The normalized spacial score (nSPS) is 13.5. The summed E-state index contributed by atoms with van der Waals surface area (Å²) in [4.78, 5) is 28.4. The van der Waals surface area contributed by atoms with Crippen molar-refractivity contribution in [2.24, 2.45) is 0 Å². The fourth-order valence-electron chi connectivity index (χ4n) is 2.11. The number of amides is 2. The third kappa shape index (κ3) is 3.87. The number of rotatable bonds is 4. The van der Waals surface area contributed by atoms with Crippen molar-refractivity contribution in [3.63, 3.8) is 0 Å². The maximum atomic E-state index is 12.4. The second kappa shape index (κ2) is 6.38. The zero-order chi connectivity index (χ0) is 16.4. The molecule has 6 heteroatoms. The minimum Gasteiger partial charge on any atom is -0.348 e. The van der Waals surface area contributed by atoms with E-state index in [2.05, 4.69) is 15.6 Å².